The number of nitrogens with zero attached hydrogens (tertiary/aromatic N) is 2. The number of para-hydroxylation sites is 1. The lowest BCUT2D eigenvalue weighted by Crippen LogP contribution is -2.25. The molecule has 0 radical (unpaired) electrons. The van der Waals surface area contributed by atoms with Crippen molar-refractivity contribution in [3.8, 4) is 5.75 Å². The van der Waals surface area contributed by atoms with E-state index in [-0.39, 0.29) is 10.6 Å². The SMILES string of the molecule is C=CCCC1=CN(c2ccccc2)c2cc(SC)c(O/C=C/C(=O)O)cc2S(=O)(=O)N1C. The van der Waals surface area contributed by atoms with Gasteiger partial charge in [-0.05, 0) is 37.3 Å². The number of rotatable bonds is 8. The van der Waals surface area contributed by atoms with E-state index in [0.29, 0.717) is 29.1 Å². The van der Waals surface area contributed by atoms with Crippen molar-refractivity contribution in [3.05, 3.63) is 79.4 Å². The summed E-state index contributed by atoms with van der Waals surface area (Å²) in [5.41, 5.74) is 1.90. The lowest BCUT2D eigenvalue weighted by atomic mass is 10.2. The van der Waals surface area contributed by atoms with Crippen LogP contribution < -0.4 is 9.64 Å². The summed E-state index contributed by atoms with van der Waals surface area (Å²) in [5.74, 6) is -0.905. The number of carbonyl (C=O) groups is 1. The Morgan fingerprint density at radius 3 is 2.59 bits per heavy atom. The molecule has 0 spiro atoms. The van der Waals surface area contributed by atoms with Gasteiger partial charge < -0.3 is 14.7 Å². The molecule has 0 atom stereocenters. The van der Waals surface area contributed by atoms with Gasteiger partial charge in [-0.15, -0.1) is 18.3 Å². The van der Waals surface area contributed by atoms with Gasteiger partial charge in [0.25, 0.3) is 10.0 Å². The lowest BCUT2D eigenvalue weighted by molar-refractivity contribution is -0.131. The molecule has 7 nitrogen and oxygen atoms in total. The fraction of sp³-hybridized carbons (Fsp3) is 0.174. The van der Waals surface area contributed by atoms with E-state index < -0.39 is 16.0 Å². The van der Waals surface area contributed by atoms with Crippen LogP contribution in [0.5, 0.6) is 5.75 Å². The molecule has 0 saturated carbocycles. The molecular weight excluding hydrogens is 448 g/mol. The summed E-state index contributed by atoms with van der Waals surface area (Å²) in [6.07, 6.45) is 8.41. The predicted molar refractivity (Wildman–Crippen MR) is 127 cm³/mol. The molecule has 0 aliphatic carbocycles. The van der Waals surface area contributed by atoms with Crippen LogP contribution in [0.25, 0.3) is 0 Å². The van der Waals surface area contributed by atoms with Crippen LogP contribution >= 0.6 is 11.8 Å². The maximum absolute atomic E-state index is 13.6. The second-order valence-electron chi connectivity index (χ2n) is 6.86. The van der Waals surface area contributed by atoms with Crippen LogP contribution in [-0.4, -0.2) is 37.1 Å². The number of benzene rings is 2. The number of allylic oxidation sites excluding steroid dienone is 2. The van der Waals surface area contributed by atoms with Crippen molar-refractivity contribution in [3.63, 3.8) is 0 Å². The highest BCUT2D eigenvalue weighted by Crippen LogP contribution is 2.43. The van der Waals surface area contributed by atoms with Crippen LogP contribution in [0.2, 0.25) is 0 Å². The van der Waals surface area contributed by atoms with Crippen LogP contribution in [0.3, 0.4) is 0 Å². The van der Waals surface area contributed by atoms with Crippen LogP contribution in [0.4, 0.5) is 11.4 Å². The summed E-state index contributed by atoms with van der Waals surface area (Å²) >= 11 is 1.37. The van der Waals surface area contributed by atoms with Gasteiger partial charge in [0, 0.05) is 30.7 Å². The van der Waals surface area contributed by atoms with Gasteiger partial charge in [0.05, 0.1) is 22.9 Å². The van der Waals surface area contributed by atoms with Crippen LogP contribution in [0.15, 0.2) is 89.1 Å². The van der Waals surface area contributed by atoms with E-state index in [1.807, 2.05) is 47.7 Å². The summed E-state index contributed by atoms with van der Waals surface area (Å²) in [6, 6.07) is 12.7. The summed E-state index contributed by atoms with van der Waals surface area (Å²) in [6.45, 7) is 3.75. The number of fused-ring (bicyclic) bond motifs is 1. The van der Waals surface area contributed by atoms with Gasteiger partial charge in [-0.3, -0.25) is 4.31 Å². The van der Waals surface area contributed by atoms with Gasteiger partial charge in [-0.25, -0.2) is 13.2 Å². The summed E-state index contributed by atoms with van der Waals surface area (Å²) in [7, 11) is -2.38. The first-order valence-corrected chi connectivity index (χ1v) is 12.4. The minimum Gasteiger partial charge on any atom is -0.478 e. The Hall–Kier alpha value is -3.17. The number of hydrogen-bond acceptors (Lipinski definition) is 6. The van der Waals surface area contributed by atoms with Gasteiger partial charge in [-0.1, -0.05) is 24.3 Å². The molecule has 1 heterocycles. The highest BCUT2D eigenvalue weighted by atomic mass is 32.2. The molecule has 0 amide bonds. The number of thioether (sulfide) groups is 1. The number of sulfonamides is 1. The third-order valence-corrected chi connectivity index (χ3v) is 7.47. The molecule has 32 heavy (non-hydrogen) atoms. The number of aliphatic carboxylic acids is 1. The summed E-state index contributed by atoms with van der Waals surface area (Å²) < 4.78 is 33.9. The largest absolute Gasteiger partial charge is 0.478 e. The van der Waals surface area contributed by atoms with Crippen LogP contribution in [0.1, 0.15) is 12.8 Å². The molecule has 1 N–H and O–H groups in total. The van der Waals surface area contributed by atoms with Crippen molar-refractivity contribution in [2.24, 2.45) is 0 Å². The Morgan fingerprint density at radius 1 is 1.25 bits per heavy atom. The van der Waals surface area contributed by atoms with Crippen LogP contribution in [0, 0.1) is 0 Å². The normalized spacial score (nSPS) is 15.1. The molecule has 2 aromatic rings. The van der Waals surface area contributed by atoms with Crippen LogP contribution in [-0.2, 0) is 14.8 Å². The smallest absolute Gasteiger partial charge is 0.331 e. The molecule has 0 saturated heterocycles. The number of carboxylic acids is 1. The van der Waals surface area contributed by atoms with E-state index in [2.05, 4.69) is 6.58 Å². The summed E-state index contributed by atoms with van der Waals surface area (Å²) in [5, 5.41) is 8.83. The highest BCUT2D eigenvalue weighted by Gasteiger charge is 2.33. The van der Waals surface area contributed by atoms with Crippen molar-refractivity contribution in [2.45, 2.75) is 22.6 Å². The van der Waals surface area contributed by atoms with Gasteiger partial charge >= 0.3 is 5.97 Å². The average molecular weight is 473 g/mol. The zero-order valence-corrected chi connectivity index (χ0v) is 19.4. The molecule has 0 aromatic heterocycles. The third-order valence-electron chi connectivity index (χ3n) is 4.87. The first-order chi connectivity index (χ1) is 15.3. The molecule has 1 aliphatic heterocycles. The molecule has 168 valence electrons. The van der Waals surface area contributed by atoms with Crippen molar-refractivity contribution in [2.75, 3.05) is 18.2 Å². The molecule has 0 fully saturated rings. The Kier molecular flexibility index (Phi) is 7.32. The molecule has 1 aliphatic rings. The summed E-state index contributed by atoms with van der Waals surface area (Å²) in [4.78, 5) is 13.4. The number of hydrogen-bond donors (Lipinski definition) is 1. The van der Waals surface area contributed by atoms with E-state index >= 15 is 0 Å². The molecule has 9 heteroatoms. The number of ether oxygens (including phenoxy) is 1. The molecule has 0 bridgehead atoms. The standard InChI is InChI=1S/C23H24N2O5S2/c1-4-5-9-18-16-25(17-10-7-6-8-11-17)19-14-21(31-3)20(30-13-12-23(26)27)15-22(19)32(28,29)24(18)2/h4,6-8,10-16H,1,5,9H2,2-3H3,(H,26,27)/b13-12+. The lowest BCUT2D eigenvalue weighted by Gasteiger charge is -2.23. The second-order valence-corrected chi connectivity index (χ2v) is 9.64. The predicted octanol–water partition coefficient (Wildman–Crippen LogP) is 4.97. The van der Waals surface area contributed by atoms with Crippen molar-refractivity contribution in [1.82, 2.24) is 4.31 Å². The minimum atomic E-state index is -3.91. The molecule has 0 unspecified atom stereocenters. The number of carboxylic acid groups (broad SMARTS) is 1. The quantitative estimate of drug-likeness (QED) is 0.251. The fourth-order valence-corrected chi connectivity index (χ4v) is 5.18. The Bertz CT molecular complexity index is 1170. The average Bonchev–Trinajstić information content (AvgIpc) is 2.86. The van der Waals surface area contributed by atoms with Gasteiger partial charge in [0.15, 0.2) is 0 Å². The fourth-order valence-electron chi connectivity index (χ4n) is 3.22. The maximum atomic E-state index is 13.6. The topological polar surface area (TPSA) is 87.1 Å². The van der Waals surface area contributed by atoms with E-state index in [0.717, 1.165) is 18.0 Å². The first kappa shape index (κ1) is 23.5. The van der Waals surface area contributed by atoms with E-state index in [1.54, 1.807) is 12.1 Å². The van der Waals surface area contributed by atoms with Gasteiger partial charge in [0.1, 0.15) is 10.6 Å². The zero-order chi connectivity index (χ0) is 23.3. The number of anilines is 2. The maximum Gasteiger partial charge on any atom is 0.331 e. The van der Waals surface area contributed by atoms with Gasteiger partial charge in [-0.2, -0.15) is 0 Å². The minimum absolute atomic E-state index is 0.0604. The van der Waals surface area contributed by atoms with Crippen molar-refractivity contribution >= 4 is 39.1 Å². The van der Waals surface area contributed by atoms with Crippen molar-refractivity contribution in [1.29, 1.82) is 0 Å². The van der Waals surface area contributed by atoms with Gasteiger partial charge in [0.2, 0.25) is 0 Å². The highest BCUT2D eigenvalue weighted by molar-refractivity contribution is 7.98. The van der Waals surface area contributed by atoms with E-state index in [4.69, 9.17) is 9.84 Å². The monoisotopic (exact) mass is 472 g/mol. The second kappa shape index (κ2) is 9.97. The van der Waals surface area contributed by atoms with E-state index in [9.17, 15) is 13.2 Å². The molecular formula is C23H24N2O5S2. The molecule has 3 rings (SSSR count). The Morgan fingerprint density at radius 2 is 1.97 bits per heavy atom. The first-order valence-electron chi connectivity index (χ1n) is 9.72. The van der Waals surface area contributed by atoms with E-state index in [1.165, 1.54) is 29.2 Å². The Labute approximate surface area is 192 Å². The zero-order valence-electron chi connectivity index (χ0n) is 17.8. The Balaban J connectivity index is 2.25. The molecule has 2 aromatic carbocycles. The third kappa shape index (κ3) is 4.84. The van der Waals surface area contributed by atoms with Crippen molar-refractivity contribution < 1.29 is 23.1 Å².